The molecule has 19 heavy (non-hydrogen) atoms. The molecule has 0 spiro atoms. The lowest BCUT2D eigenvalue weighted by molar-refractivity contribution is 0.257. The van der Waals surface area contributed by atoms with Crippen molar-refractivity contribution < 1.29 is 0 Å². The average molecular weight is 294 g/mol. The first kappa shape index (κ1) is 13.1. The van der Waals surface area contributed by atoms with E-state index in [1.807, 2.05) is 17.8 Å². The number of H-pyrrole nitrogens is 1. The van der Waals surface area contributed by atoms with Gasteiger partial charge in [-0.3, -0.25) is 10.00 Å². The number of thiophene rings is 1. The van der Waals surface area contributed by atoms with Gasteiger partial charge < -0.3 is 0 Å². The summed E-state index contributed by atoms with van der Waals surface area (Å²) in [6, 6.07) is 4.79. The maximum absolute atomic E-state index is 4.61. The summed E-state index contributed by atoms with van der Waals surface area (Å²) in [5.74, 6) is 3.02. The van der Waals surface area contributed by atoms with Gasteiger partial charge in [0.05, 0.1) is 11.4 Å². The quantitative estimate of drug-likeness (QED) is 0.921. The second-order valence-electron chi connectivity index (χ2n) is 4.80. The summed E-state index contributed by atoms with van der Waals surface area (Å²) in [6.07, 6.45) is 4.80. The highest BCUT2D eigenvalue weighted by molar-refractivity contribution is 7.98. The second kappa shape index (κ2) is 6.07. The molecule has 2 aromatic heterocycles. The standard InChI is InChI=1S/C13H18N4S2/c1-18-9-10-4-2-6-17(10)8-12-14-13(16-15-12)11-5-3-7-19-11/h3,5,7,10H,2,4,6,8-9H2,1H3,(H,14,15,16). The topological polar surface area (TPSA) is 44.8 Å². The Balaban J connectivity index is 1.67. The molecule has 1 unspecified atom stereocenters. The Morgan fingerprint density at radius 1 is 1.58 bits per heavy atom. The molecule has 1 aliphatic rings. The Bertz CT molecular complexity index is 508. The van der Waals surface area contributed by atoms with Crippen LogP contribution < -0.4 is 0 Å². The molecule has 6 heteroatoms. The molecule has 0 radical (unpaired) electrons. The minimum absolute atomic E-state index is 0.699. The average Bonchev–Trinajstić information content (AvgIpc) is 3.12. The SMILES string of the molecule is CSCC1CCCN1Cc1nc(-c2cccs2)n[nH]1. The van der Waals surface area contributed by atoms with Crippen molar-refractivity contribution in [3.63, 3.8) is 0 Å². The summed E-state index contributed by atoms with van der Waals surface area (Å²) in [4.78, 5) is 8.26. The van der Waals surface area contributed by atoms with Gasteiger partial charge in [0.25, 0.3) is 0 Å². The first-order valence-electron chi connectivity index (χ1n) is 6.55. The third-order valence-electron chi connectivity index (χ3n) is 3.48. The summed E-state index contributed by atoms with van der Waals surface area (Å²) in [5, 5.41) is 9.45. The maximum Gasteiger partial charge on any atom is 0.191 e. The molecule has 0 amide bonds. The fraction of sp³-hybridized carbons (Fsp3) is 0.538. The van der Waals surface area contributed by atoms with Crippen LogP contribution in [0.5, 0.6) is 0 Å². The molecule has 2 aromatic rings. The molecule has 4 nitrogen and oxygen atoms in total. The van der Waals surface area contributed by atoms with Crippen LogP contribution in [0.3, 0.4) is 0 Å². The molecular formula is C13H18N4S2. The van der Waals surface area contributed by atoms with Gasteiger partial charge in [-0.25, -0.2) is 4.98 Å². The Hall–Kier alpha value is -0.850. The Kier molecular flexibility index (Phi) is 4.20. The van der Waals surface area contributed by atoms with E-state index in [0.29, 0.717) is 6.04 Å². The lowest BCUT2D eigenvalue weighted by Crippen LogP contribution is -2.31. The third-order valence-corrected chi connectivity index (χ3v) is 5.07. The number of aromatic nitrogens is 3. The molecular weight excluding hydrogens is 276 g/mol. The Morgan fingerprint density at radius 3 is 3.32 bits per heavy atom. The van der Waals surface area contributed by atoms with Gasteiger partial charge in [-0.15, -0.1) is 11.3 Å². The zero-order valence-corrected chi connectivity index (χ0v) is 12.6. The Labute approximate surface area is 121 Å². The number of nitrogens with one attached hydrogen (secondary N) is 1. The zero-order valence-electron chi connectivity index (χ0n) is 11.0. The highest BCUT2D eigenvalue weighted by Gasteiger charge is 2.24. The van der Waals surface area contributed by atoms with Gasteiger partial charge in [-0.2, -0.15) is 16.9 Å². The van der Waals surface area contributed by atoms with E-state index in [-0.39, 0.29) is 0 Å². The minimum atomic E-state index is 0.699. The van der Waals surface area contributed by atoms with Gasteiger partial charge >= 0.3 is 0 Å². The van der Waals surface area contributed by atoms with Gasteiger partial charge in [-0.05, 0) is 37.1 Å². The number of likely N-dealkylation sites (tertiary alicyclic amines) is 1. The van der Waals surface area contributed by atoms with Crippen molar-refractivity contribution in [2.75, 3.05) is 18.6 Å². The number of thioether (sulfide) groups is 1. The Morgan fingerprint density at radius 2 is 2.53 bits per heavy atom. The molecule has 1 aliphatic heterocycles. The van der Waals surface area contributed by atoms with Crippen molar-refractivity contribution in [3.05, 3.63) is 23.3 Å². The molecule has 0 saturated carbocycles. The fourth-order valence-electron chi connectivity index (χ4n) is 2.56. The number of hydrogen-bond donors (Lipinski definition) is 1. The van der Waals surface area contributed by atoms with Crippen LogP contribution in [0.4, 0.5) is 0 Å². The van der Waals surface area contributed by atoms with Crippen molar-refractivity contribution in [1.29, 1.82) is 0 Å². The largest absolute Gasteiger partial charge is 0.292 e. The number of hydrogen-bond acceptors (Lipinski definition) is 5. The van der Waals surface area contributed by atoms with Gasteiger partial charge in [0, 0.05) is 11.8 Å². The molecule has 1 N–H and O–H groups in total. The van der Waals surface area contributed by atoms with Gasteiger partial charge in [0.15, 0.2) is 5.82 Å². The number of aromatic amines is 1. The summed E-state index contributed by atoms with van der Waals surface area (Å²) in [7, 11) is 0. The highest BCUT2D eigenvalue weighted by atomic mass is 32.2. The minimum Gasteiger partial charge on any atom is -0.292 e. The van der Waals surface area contributed by atoms with E-state index >= 15 is 0 Å². The lowest BCUT2D eigenvalue weighted by atomic mass is 10.2. The summed E-state index contributed by atoms with van der Waals surface area (Å²) in [6.45, 7) is 2.07. The van der Waals surface area contributed by atoms with Crippen molar-refractivity contribution in [2.45, 2.75) is 25.4 Å². The number of nitrogens with zero attached hydrogens (tertiary/aromatic N) is 3. The molecule has 102 valence electrons. The van der Waals surface area contributed by atoms with Crippen LogP contribution in [-0.4, -0.2) is 44.7 Å². The van der Waals surface area contributed by atoms with E-state index in [1.165, 1.54) is 25.1 Å². The van der Waals surface area contributed by atoms with Crippen LogP contribution in [0.1, 0.15) is 18.7 Å². The van der Waals surface area contributed by atoms with Gasteiger partial charge in [-0.1, -0.05) is 6.07 Å². The zero-order chi connectivity index (χ0) is 13.1. The van der Waals surface area contributed by atoms with Crippen LogP contribution in [0, 0.1) is 0 Å². The van der Waals surface area contributed by atoms with Gasteiger partial charge in [0.1, 0.15) is 5.82 Å². The summed E-state index contributed by atoms with van der Waals surface area (Å²) >= 11 is 3.61. The smallest absolute Gasteiger partial charge is 0.191 e. The molecule has 1 saturated heterocycles. The van der Waals surface area contributed by atoms with Crippen LogP contribution in [-0.2, 0) is 6.54 Å². The van der Waals surface area contributed by atoms with E-state index in [1.54, 1.807) is 11.3 Å². The summed E-state index contributed by atoms with van der Waals surface area (Å²) < 4.78 is 0. The molecule has 0 aromatic carbocycles. The van der Waals surface area contributed by atoms with E-state index in [9.17, 15) is 0 Å². The fourth-order valence-corrected chi connectivity index (χ4v) is 3.98. The normalized spacial score (nSPS) is 20.2. The van der Waals surface area contributed by atoms with Crippen LogP contribution in [0.15, 0.2) is 17.5 Å². The molecule has 1 atom stereocenters. The first-order valence-corrected chi connectivity index (χ1v) is 8.82. The maximum atomic E-state index is 4.61. The van der Waals surface area contributed by atoms with E-state index < -0.39 is 0 Å². The molecule has 3 heterocycles. The summed E-state index contributed by atoms with van der Waals surface area (Å²) in [5.41, 5.74) is 0. The van der Waals surface area contributed by atoms with Crippen molar-refractivity contribution in [3.8, 4) is 10.7 Å². The van der Waals surface area contributed by atoms with E-state index in [4.69, 9.17) is 0 Å². The van der Waals surface area contributed by atoms with Crippen LogP contribution in [0.25, 0.3) is 10.7 Å². The number of rotatable bonds is 5. The predicted molar refractivity (Wildman–Crippen MR) is 81.5 cm³/mol. The molecule has 0 aliphatic carbocycles. The first-order chi connectivity index (χ1) is 9.36. The van der Waals surface area contributed by atoms with Crippen molar-refractivity contribution >= 4 is 23.1 Å². The third kappa shape index (κ3) is 3.01. The molecule has 3 rings (SSSR count). The van der Waals surface area contributed by atoms with E-state index in [0.717, 1.165) is 23.1 Å². The molecule has 1 fully saturated rings. The van der Waals surface area contributed by atoms with Crippen molar-refractivity contribution in [1.82, 2.24) is 20.1 Å². The molecule has 0 bridgehead atoms. The van der Waals surface area contributed by atoms with Gasteiger partial charge in [0.2, 0.25) is 0 Å². The van der Waals surface area contributed by atoms with E-state index in [2.05, 4.69) is 37.8 Å². The second-order valence-corrected chi connectivity index (χ2v) is 6.66. The van der Waals surface area contributed by atoms with Crippen molar-refractivity contribution in [2.24, 2.45) is 0 Å². The lowest BCUT2D eigenvalue weighted by Gasteiger charge is -2.22. The highest BCUT2D eigenvalue weighted by Crippen LogP contribution is 2.23. The van der Waals surface area contributed by atoms with Crippen LogP contribution in [0.2, 0.25) is 0 Å². The van der Waals surface area contributed by atoms with Crippen LogP contribution >= 0.6 is 23.1 Å². The monoisotopic (exact) mass is 294 g/mol. The predicted octanol–water partition coefficient (Wildman–Crippen LogP) is 2.86.